The van der Waals surface area contributed by atoms with Crippen LogP contribution in [0.3, 0.4) is 0 Å². The molecule has 3 aromatic rings. The molecule has 1 aromatic heterocycles. The van der Waals surface area contributed by atoms with Crippen LogP contribution < -0.4 is 0 Å². The Balaban J connectivity index is 1.37. The number of fused-ring (bicyclic) bond motifs is 1. The van der Waals surface area contributed by atoms with E-state index in [1.807, 2.05) is 35.9 Å². The summed E-state index contributed by atoms with van der Waals surface area (Å²) in [6.45, 7) is 3.56. The number of carbonyl (C=O) groups is 1. The minimum Gasteiger partial charge on any atom is -0.334 e. The number of hydrogen-bond acceptors (Lipinski definition) is 2. The van der Waals surface area contributed by atoms with Gasteiger partial charge in [-0.15, -0.1) is 0 Å². The molecule has 2 heterocycles. The van der Waals surface area contributed by atoms with Crippen molar-refractivity contribution in [3.05, 3.63) is 89.2 Å². The van der Waals surface area contributed by atoms with Gasteiger partial charge in [0.15, 0.2) is 5.69 Å². The quantitative estimate of drug-likeness (QED) is 0.572. The molecule has 1 amide bonds. The summed E-state index contributed by atoms with van der Waals surface area (Å²) in [6.07, 6.45) is 5.87. The van der Waals surface area contributed by atoms with Crippen LogP contribution in [0.1, 0.15) is 65.3 Å². The molecule has 4 heteroatoms. The molecule has 0 bridgehead atoms. The lowest BCUT2D eigenvalue weighted by Crippen LogP contribution is -2.52. The fourth-order valence-electron chi connectivity index (χ4n) is 5.70. The Labute approximate surface area is 184 Å². The molecule has 5 rings (SSSR count). The molecule has 2 aromatic carbocycles. The second-order valence-electron chi connectivity index (χ2n) is 9.13. The Morgan fingerprint density at radius 1 is 0.968 bits per heavy atom. The van der Waals surface area contributed by atoms with Crippen molar-refractivity contribution in [2.24, 2.45) is 5.92 Å². The van der Waals surface area contributed by atoms with E-state index in [2.05, 4.69) is 47.4 Å². The number of piperidine rings is 1. The lowest BCUT2D eigenvalue weighted by Gasteiger charge is -2.48. The maximum Gasteiger partial charge on any atom is 0.274 e. The molecule has 4 nitrogen and oxygen atoms in total. The van der Waals surface area contributed by atoms with Crippen molar-refractivity contribution in [2.45, 2.75) is 57.5 Å². The summed E-state index contributed by atoms with van der Waals surface area (Å²) in [6, 6.07) is 23.5. The number of likely N-dealkylation sites (tertiary alicyclic amines) is 1. The fourth-order valence-corrected chi connectivity index (χ4v) is 5.70. The Morgan fingerprint density at radius 3 is 2.45 bits per heavy atom. The van der Waals surface area contributed by atoms with Gasteiger partial charge < -0.3 is 4.90 Å². The van der Waals surface area contributed by atoms with Gasteiger partial charge in [-0.05, 0) is 55.2 Å². The zero-order valence-electron chi connectivity index (χ0n) is 18.3. The minimum absolute atomic E-state index is 0.110. The molecule has 31 heavy (non-hydrogen) atoms. The highest BCUT2D eigenvalue weighted by Crippen LogP contribution is 2.44. The van der Waals surface area contributed by atoms with E-state index in [-0.39, 0.29) is 5.91 Å². The van der Waals surface area contributed by atoms with Crippen LogP contribution in [-0.4, -0.2) is 33.2 Å². The molecule has 2 aliphatic rings. The normalized spacial score (nSPS) is 23.4. The number of carbonyl (C=O) groups excluding carboxylic acids is 1. The summed E-state index contributed by atoms with van der Waals surface area (Å²) in [5.74, 6) is 1.23. The zero-order chi connectivity index (χ0) is 21.2. The van der Waals surface area contributed by atoms with E-state index in [1.165, 1.54) is 30.4 Å². The molecule has 0 unspecified atom stereocenters. The van der Waals surface area contributed by atoms with Gasteiger partial charge in [0.05, 0.1) is 6.54 Å². The summed E-state index contributed by atoms with van der Waals surface area (Å²) in [7, 11) is 0. The highest BCUT2D eigenvalue weighted by molar-refractivity contribution is 5.92. The highest BCUT2D eigenvalue weighted by Gasteiger charge is 2.42. The molecule has 0 N–H and O–H groups in total. The van der Waals surface area contributed by atoms with Crippen molar-refractivity contribution in [3.63, 3.8) is 0 Å². The van der Waals surface area contributed by atoms with Gasteiger partial charge in [0.1, 0.15) is 0 Å². The van der Waals surface area contributed by atoms with Gasteiger partial charge in [0.2, 0.25) is 0 Å². The van der Waals surface area contributed by atoms with Gasteiger partial charge in [-0.2, -0.15) is 5.10 Å². The third-order valence-corrected chi connectivity index (χ3v) is 7.24. The predicted molar refractivity (Wildman–Crippen MR) is 123 cm³/mol. The smallest absolute Gasteiger partial charge is 0.274 e. The summed E-state index contributed by atoms with van der Waals surface area (Å²) in [5.41, 5.74) is 4.26. The van der Waals surface area contributed by atoms with E-state index in [4.69, 9.17) is 5.10 Å². The second kappa shape index (κ2) is 8.70. The molecule has 0 radical (unpaired) electrons. The Morgan fingerprint density at radius 2 is 1.68 bits per heavy atom. The lowest BCUT2D eigenvalue weighted by molar-refractivity contribution is 0.0313. The molecule has 1 saturated carbocycles. The Bertz CT molecular complexity index is 1030. The van der Waals surface area contributed by atoms with Gasteiger partial charge in [-0.3, -0.25) is 9.48 Å². The van der Waals surface area contributed by atoms with E-state index in [1.54, 1.807) is 0 Å². The van der Waals surface area contributed by atoms with Crippen LogP contribution in [0.5, 0.6) is 0 Å². The number of amides is 1. The average Bonchev–Trinajstić information content (AvgIpc) is 3.19. The SMILES string of the molecule is Cc1cc(C(=O)N2CC[C@@H](c3ccccc3)[C@@H]3CCCC[C@H]32)nn1Cc1ccccc1. The van der Waals surface area contributed by atoms with E-state index < -0.39 is 0 Å². The van der Waals surface area contributed by atoms with Crippen molar-refractivity contribution in [1.29, 1.82) is 0 Å². The third kappa shape index (κ3) is 4.04. The van der Waals surface area contributed by atoms with Gasteiger partial charge in [0.25, 0.3) is 5.91 Å². The number of rotatable bonds is 4. The molecule has 1 aliphatic heterocycles. The van der Waals surface area contributed by atoms with E-state index >= 15 is 0 Å². The van der Waals surface area contributed by atoms with Crippen molar-refractivity contribution in [1.82, 2.24) is 14.7 Å². The number of nitrogens with zero attached hydrogens (tertiary/aromatic N) is 3. The third-order valence-electron chi connectivity index (χ3n) is 7.24. The van der Waals surface area contributed by atoms with Gasteiger partial charge in [-0.25, -0.2) is 0 Å². The summed E-state index contributed by atoms with van der Waals surface area (Å²) in [5, 5.41) is 4.72. The topological polar surface area (TPSA) is 38.1 Å². The average molecular weight is 414 g/mol. The maximum atomic E-state index is 13.6. The fraction of sp³-hybridized carbons (Fsp3) is 0.407. The van der Waals surface area contributed by atoms with Gasteiger partial charge in [-0.1, -0.05) is 73.5 Å². The van der Waals surface area contributed by atoms with Crippen molar-refractivity contribution < 1.29 is 4.79 Å². The van der Waals surface area contributed by atoms with E-state index in [0.717, 1.165) is 25.1 Å². The van der Waals surface area contributed by atoms with Crippen molar-refractivity contribution in [3.8, 4) is 0 Å². The Kier molecular flexibility index (Phi) is 5.63. The first-order valence-electron chi connectivity index (χ1n) is 11.6. The first-order valence-corrected chi connectivity index (χ1v) is 11.6. The van der Waals surface area contributed by atoms with Crippen LogP contribution in [-0.2, 0) is 6.54 Å². The summed E-state index contributed by atoms with van der Waals surface area (Å²) in [4.78, 5) is 15.7. The number of aryl methyl sites for hydroxylation is 1. The van der Waals surface area contributed by atoms with Crippen LogP contribution >= 0.6 is 0 Å². The molecular formula is C27H31N3O. The van der Waals surface area contributed by atoms with Crippen molar-refractivity contribution >= 4 is 5.91 Å². The molecular weight excluding hydrogens is 382 g/mol. The van der Waals surface area contributed by atoms with Crippen LogP contribution in [0.4, 0.5) is 0 Å². The number of benzene rings is 2. The Hall–Kier alpha value is -2.88. The summed E-state index contributed by atoms with van der Waals surface area (Å²) >= 11 is 0. The van der Waals surface area contributed by atoms with Crippen LogP contribution in [0.2, 0.25) is 0 Å². The van der Waals surface area contributed by atoms with E-state index in [0.29, 0.717) is 30.1 Å². The molecule has 1 saturated heterocycles. The van der Waals surface area contributed by atoms with Crippen LogP contribution in [0, 0.1) is 12.8 Å². The number of aromatic nitrogens is 2. The molecule has 2 fully saturated rings. The second-order valence-corrected chi connectivity index (χ2v) is 9.13. The van der Waals surface area contributed by atoms with Crippen LogP contribution in [0.25, 0.3) is 0 Å². The lowest BCUT2D eigenvalue weighted by atomic mass is 9.69. The van der Waals surface area contributed by atoms with Gasteiger partial charge in [0, 0.05) is 18.3 Å². The van der Waals surface area contributed by atoms with Crippen molar-refractivity contribution in [2.75, 3.05) is 6.54 Å². The molecule has 3 atom stereocenters. The molecule has 160 valence electrons. The first kappa shape index (κ1) is 20.0. The van der Waals surface area contributed by atoms with E-state index in [9.17, 15) is 4.79 Å². The summed E-state index contributed by atoms with van der Waals surface area (Å²) < 4.78 is 1.96. The monoisotopic (exact) mass is 413 g/mol. The maximum absolute atomic E-state index is 13.6. The first-order chi connectivity index (χ1) is 15.2. The standard InChI is InChI=1S/C27H31N3O/c1-20-18-25(28-30(20)19-21-10-4-2-5-11-21)27(31)29-17-16-23(22-12-6-3-7-13-22)24-14-8-9-15-26(24)29/h2-7,10-13,18,23-24,26H,8-9,14-17,19H2,1H3/t23-,24-,26+/m0/s1. The van der Waals surface area contributed by atoms with Crippen LogP contribution in [0.15, 0.2) is 66.7 Å². The van der Waals surface area contributed by atoms with Gasteiger partial charge >= 0.3 is 0 Å². The molecule has 1 aliphatic carbocycles. The zero-order valence-corrected chi connectivity index (χ0v) is 18.3. The molecule has 0 spiro atoms. The highest BCUT2D eigenvalue weighted by atomic mass is 16.2. The minimum atomic E-state index is 0.110. The largest absolute Gasteiger partial charge is 0.334 e. The predicted octanol–water partition coefficient (Wildman–Crippen LogP) is 5.43. The number of hydrogen-bond donors (Lipinski definition) is 0.